The quantitative estimate of drug-likeness (QED) is 0.798. The Morgan fingerprint density at radius 1 is 1.33 bits per heavy atom. The number of amides is 2. The molecule has 3 rings (SSSR count). The Kier molecular flexibility index (Phi) is 5.74. The number of hydrogen-bond donors (Lipinski definition) is 2. The third-order valence-electron chi connectivity index (χ3n) is 5.37. The van der Waals surface area contributed by atoms with Crippen molar-refractivity contribution in [2.24, 2.45) is 5.92 Å². The first-order chi connectivity index (χ1) is 12.8. The van der Waals surface area contributed by atoms with Crippen LogP contribution in [-0.4, -0.2) is 38.1 Å². The first-order valence-corrected chi connectivity index (χ1v) is 10.9. The predicted molar refractivity (Wildman–Crippen MR) is 101 cm³/mol. The molecule has 0 bridgehead atoms. The molecule has 2 amide bonds. The average Bonchev–Trinajstić information content (AvgIpc) is 2.63. The van der Waals surface area contributed by atoms with Gasteiger partial charge in [0.2, 0.25) is 5.91 Å². The first-order valence-electron chi connectivity index (χ1n) is 9.37. The fourth-order valence-electron chi connectivity index (χ4n) is 3.63. The highest BCUT2D eigenvalue weighted by atomic mass is 32.2. The number of nitrogens with one attached hydrogen (secondary N) is 2. The van der Waals surface area contributed by atoms with E-state index in [0.29, 0.717) is 17.4 Å². The second-order valence-electron chi connectivity index (χ2n) is 7.49. The summed E-state index contributed by atoms with van der Waals surface area (Å²) in [6.45, 7) is 3.52. The number of fused-ring (bicyclic) bond motifs is 1. The zero-order valence-electron chi connectivity index (χ0n) is 15.7. The Bertz CT molecular complexity index is 837. The largest absolute Gasteiger partial charge is 0.482 e. The summed E-state index contributed by atoms with van der Waals surface area (Å²) in [4.78, 5) is 23.8. The van der Waals surface area contributed by atoms with Gasteiger partial charge in [-0.15, -0.1) is 0 Å². The van der Waals surface area contributed by atoms with Crippen molar-refractivity contribution in [1.29, 1.82) is 0 Å². The van der Waals surface area contributed by atoms with E-state index in [-0.39, 0.29) is 35.8 Å². The Balaban J connectivity index is 1.67. The van der Waals surface area contributed by atoms with Gasteiger partial charge in [-0.25, -0.2) is 8.42 Å². The molecule has 3 atom stereocenters. The van der Waals surface area contributed by atoms with Crippen molar-refractivity contribution in [1.82, 2.24) is 5.32 Å². The Hall–Kier alpha value is -2.09. The summed E-state index contributed by atoms with van der Waals surface area (Å²) in [7, 11) is -3.69. The minimum absolute atomic E-state index is 0.0831. The van der Waals surface area contributed by atoms with E-state index in [9.17, 15) is 18.0 Å². The molecule has 148 valence electrons. The summed E-state index contributed by atoms with van der Waals surface area (Å²) in [6.07, 6.45) is 4.22. The third kappa shape index (κ3) is 4.43. The van der Waals surface area contributed by atoms with Gasteiger partial charge in [-0.1, -0.05) is 19.8 Å². The van der Waals surface area contributed by atoms with Crippen LogP contribution in [0.15, 0.2) is 23.1 Å². The molecule has 1 fully saturated rings. The van der Waals surface area contributed by atoms with Crippen LogP contribution in [0.5, 0.6) is 5.75 Å². The molecule has 1 saturated carbocycles. The fourth-order valence-corrected chi connectivity index (χ4v) is 5.00. The highest BCUT2D eigenvalue weighted by Crippen LogP contribution is 2.32. The maximum Gasteiger partial charge on any atom is 0.262 e. The number of benzene rings is 1. The molecule has 1 aromatic carbocycles. The van der Waals surface area contributed by atoms with Gasteiger partial charge in [-0.2, -0.15) is 0 Å². The van der Waals surface area contributed by atoms with Crippen molar-refractivity contribution < 1.29 is 22.7 Å². The summed E-state index contributed by atoms with van der Waals surface area (Å²) in [5, 5.41) is 4.77. The van der Waals surface area contributed by atoms with E-state index in [1.54, 1.807) is 6.92 Å². The Morgan fingerprint density at radius 2 is 2.07 bits per heavy atom. The molecule has 1 aromatic rings. The van der Waals surface area contributed by atoms with Crippen LogP contribution in [0.4, 0.5) is 5.69 Å². The molecule has 3 unspecified atom stereocenters. The minimum Gasteiger partial charge on any atom is -0.482 e. The van der Waals surface area contributed by atoms with Crippen molar-refractivity contribution in [3.63, 3.8) is 0 Å². The monoisotopic (exact) mass is 394 g/mol. The van der Waals surface area contributed by atoms with Gasteiger partial charge in [0, 0.05) is 18.5 Å². The molecule has 1 aliphatic heterocycles. The Morgan fingerprint density at radius 3 is 2.81 bits per heavy atom. The Labute approximate surface area is 159 Å². The maximum absolute atomic E-state index is 12.9. The lowest BCUT2D eigenvalue weighted by molar-refractivity contribution is -0.122. The van der Waals surface area contributed by atoms with Crippen LogP contribution >= 0.6 is 0 Å². The molecule has 1 aliphatic carbocycles. The molecule has 1 heterocycles. The molecular formula is C19H26N2O5S. The van der Waals surface area contributed by atoms with Crippen molar-refractivity contribution in [3.8, 4) is 5.75 Å². The molecule has 7 nitrogen and oxygen atoms in total. The zero-order valence-corrected chi connectivity index (χ0v) is 16.5. The van der Waals surface area contributed by atoms with Crippen LogP contribution in [-0.2, 0) is 19.4 Å². The summed E-state index contributed by atoms with van der Waals surface area (Å²) in [5.74, 6) is 0.234. The van der Waals surface area contributed by atoms with Crippen molar-refractivity contribution in [3.05, 3.63) is 18.2 Å². The second-order valence-corrected chi connectivity index (χ2v) is 9.86. The van der Waals surface area contributed by atoms with E-state index in [1.165, 1.54) is 24.6 Å². The minimum atomic E-state index is -3.69. The van der Waals surface area contributed by atoms with E-state index in [1.807, 2.05) is 0 Å². The predicted octanol–water partition coefficient (Wildman–Crippen LogP) is 2.26. The molecule has 0 saturated heterocycles. The molecule has 2 aliphatic rings. The van der Waals surface area contributed by atoms with Crippen molar-refractivity contribution in [2.45, 2.75) is 62.1 Å². The summed E-state index contributed by atoms with van der Waals surface area (Å²) in [5.41, 5.74) is 0.446. The average molecular weight is 394 g/mol. The van der Waals surface area contributed by atoms with Crippen molar-refractivity contribution in [2.75, 3.05) is 11.9 Å². The second kappa shape index (κ2) is 7.88. The third-order valence-corrected chi connectivity index (χ3v) is 7.51. The number of hydrogen-bond acceptors (Lipinski definition) is 5. The van der Waals surface area contributed by atoms with Crippen LogP contribution in [0.2, 0.25) is 0 Å². The molecule has 0 spiro atoms. The standard InChI is InChI=1S/C19H26N2O5S/c1-12-5-3-4-6-15(12)20-18(22)9-13(2)27(24,25)14-7-8-16-17(10-14)26-11-19(23)21-16/h7-8,10,12-13,15H,3-6,9,11H2,1-2H3,(H,20,22)(H,21,23). The highest BCUT2D eigenvalue weighted by molar-refractivity contribution is 7.92. The number of ether oxygens (including phenoxy) is 1. The van der Waals surface area contributed by atoms with Gasteiger partial charge >= 0.3 is 0 Å². The lowest BCUT2D eigenvalue weighted by Gasteiger charge is -2.29. The molecule has 2 N–H and O–H groups in total. The summed E-state index contributed by atoms with van der Waals surface area (Å²) < 4.78 is 31.0. The van der Waals surface area contributed by atoms with E-state index in [0.717, 1.165) is 19.3 Å². The molecule has 8 heteroatoms. The first kappa shape index (κ1) is 19.7. The molecular weight excluding hydrogens is 368 g/mol. The lowest BCUT2D eigenvalue weighted by atomic mass is 9.86. The molecule has 0 aromatic heterocycles. The topological polar surface area (TPSA) is 102 Å². The smallest absolute Gasteiger partial charge is 0.262 e. The van der Waals surface area contributed by atoms with Crippen LogP contribution in [0.3, 0.4) is 0 Å². The highest BCUT2D eigenvalue weighted by Gasteiger charge is 2.29. The summed E-state index contributed by atoms with van der Waals surface area (Å²) >= 11 is 0. The van der Waals surface area contributed by atoms with Crippen molar-refractivity contribution >= 4 is 27.3 Å². The van der Waals surface area contributed by atoms with Gasteiger partial charge < -0.3 is 15.4 Å². The number of anilines is 1. The van der Waals surface area contributed by atoms with Gasteiger partial charge in [0.15, 0.2) is 16.4 Å². The van der Waals surface area contributed by atoms with Gasteiger partial charge in [-0.3, -0.25) is 9.59 Å². The van der Waals surface area contributed by atoms with E-state index in [4.69, 9.17) is 4.74 Å². The van der Waals surface area contributed by atoms with Crippen LogP contribution < -0.4 is 15.4 Å². The zero-order chi connectivity index (χ0) is 19.6. The van der Waals surface area contributed by atoms with Gasteiger partial charge in [-0.05, 0) is 37.8 Å². The van der Waals surface area contributed by atoms with E-state index in [2.05, 4.69) is 17.6 Å². The van der Waals surface area contributed by atoms with E-state index >= 15 is 0 Å². The van der Waals surface area contributed by atoms with Gasteiger partial charge in [0.1, 0.15) is 5.75 Å². The van der Waals surface area contributed by atoms with Gasteiger partial charge in [0.25, 0.3) is 5.91 Å². The van der Waals surface area contributed by atoms with Crippen LogP contribution in [0.25, 0.3) is 0 Å². The number of sulfone groups is 1. The van der Waals surface area contributed by atoms with Crippen LogP contribution in [0, 0.1) is 5.92 Å². The SMILES string of the molecule is CC1CCCCC1NC(=O)CC(C)S(=O)(=O)c1ccc2c(c1)OCC(=O)N2. The van der Waals surface area contributed by atoms with Gasteiger partial charge in [0.05, 0.1) is 15.8 Å². The van der Waals surface area contributed by atoms with E-state index < -0.39 is 15.1 Å². The normalized spacial score (nSPS) is 23.6. The van der Waals surface area contributed by atoms with Crippen LogP contribution in [0.1, 0.15) is 46.0 Å². The summed E-state index contributed by atoms with van der Waals surface area (Å²) in [6, 6.07) is 4.47. The lowest BCUT2D eigenvalue weighted by Crippen LogP contribution is -2.42. The molecule has 27 heavy (non-hydrogen) atoms. The number of carbonyl (C=O) groups excluding carboxylic acids is 2. The fraction of sp³-hybridized carbons (Fsp3) is 0.579. The maximum atomic E-state index is 12.9. The number of rotatable bonds is 5. The molecule has 0 radical (unpaired) electrons. The number of carbonyl (C=O) groups is 2.